The van der Waals surface area contributed by atoms with Crippen LogP contribution in [0.2, 0.25) is 0 Å². The predicted molar refractivity (Wildman–Crippen MR) is 87.8 cm³/mol. The van der Waals surface area contributed by atoms with Crippen LogP contribution in [0.3, 0.4) is 0 Å². The predicted octanol–water partition coefficient (Wildman–Crippen LogP) is 2.86. The number of aromatic nitrogens is 1. The summed E-state index contributed by atoms with van der Waals surface area (Å²) >= 11 is 0. The molecule has 0 amide bonds. The first-order valence-corrected chi connectivity index (χ1v) is 7.84. The first kappa shape index (κ1) is 15.7. The second kappa shape index (κ2) is 6.16. The van der Waals surface area contributed by atoms with Crippen molar-refractivity contribution in [3.05, 3.63) is 52.9 Å². The van der Waals surface area contributed by atoms with Crippen molar-refractivity contribution in [2.24, 2.45) is 4.99 Å². The summed E-state index contributed by atoms with van der Waals surface area (Å²) in [5.41, 5.74) is 2.43. The lowest BCUT2D eigenvalue weighted by Crippen LogP contribution is -2.17. The Balaban J connectivity index is 1.90. The SMILES string of the molecule is Cc1noc(C[C@H](CO)c2ccccc2)c1C1=NC(C)(C)CO1. The average Bonchev–Trinajstić information content (AvgIpc) is 3.07. The van der Waals surface area contributed by atoms with E-state index >= 15 is 0 Å². The van der Waals surface area contributed by atoms with Crippen molar-refractivity contribution >= 4 is 5.90 Å². The van der Waals surface area contributed by atoms with Crippen molar-refractivity contribution < 1.29 is 14.4 Å². The molecule has 1 aromatic heterocycles. The number of hydrogen-bond donors (Lipinski definition) is 1. The van der Waals surface area contributed by atoms with E-state index in [1.54, 1.807) is 0 Å². The van der Waals surface area contributed by atoms with Crippen LogP contribution in [0.4, 0.5) is 0 Å². The van der Waals surface area contributed by atoms with Crippen LogP contribution in [0.25, 0.3) is 0 Å². The molecule has 122 valence electrons. The van der Waals surface area contributed by atoms with Crippen LogP contribution in [0.15, 0.2) is 39.8 Å². The largest absolute Gasteiger partial charge is 0.475 e. The third-order valence-electron chi connectivity index (χ3n) is 4.04. The lowest BCUT2D eigenvalue weighted by Gasteiger charge is -2.13. The number of aliphatic hydroxyl groups is 1. The Morgan fingerprint density at radius 1 is 1.26 bits per heavy atom. The summed E-state index contributed by atoms with van der Waals surface area (Å²) in [5, 5.41) is 13.8. The van der Waals surface area contributed by atoms with E-state index in [1.165, 1.54) is 0 Å². The van der Waals surface area contributed by atoms with Gasteiger partial charge in [-0.15, -0.1) is 0 Å². The molecule has 0 bridgehead atoms. The smallest absolute Gasteiger partial charge is 0.222 e. The molecule has 3 rings (SSSR count). The van der Waals surface area contributed by atoms with Crippen LogP contribution in [-0.2, 0) is 11.2 Å². The van der Waals surface area contributed by atoms with Gasteiger partial charge < -0.3 is 14.4 Å². The Hall–Kier alpha value is -2.14. The molecule has 1 N–H and O–H groups in total. The van der Waals surface area contributed by atoms with Crippen LogP contribution < -0.4 is 0 Å². The van der Waals surface area contributed by atoms with Crippen LogP contribution in [0.5, 0.6) is 0 Å². The summed E-state index contributed by atoms with van der Waals surface area (Å²) < 4.78 is 11.3. The molecule has 1 atom stereocenters. The molecule has 1 aromatic carbocycles. The van der Waals surface area contributed by atoms with Crippen molar-refractivity contribution in [1.82, 2.24) is 5.16 Å². The molecule has 5 heteroatoms. The number of aliphatic imine (C=N–C) groups is 1. The first-order chi connectivity index (χ1) is 11.0. The van der Waals surface area contributed by atoms with Crippen molar-refractivity contribution in [1.29, 1.82) is 0 Å². The van der Waals surface area contributed by atoms with Crippen LogP contribution in [0, 0.1) is 6.92 Å². The van der Waals surface area contributed by atoms with Gasteiger partial charge in [0.15, 0.2) is 0 Å². The van der Waals surface area contributed by atoms with E-state index in [4.69, 9.17) is 9.26 Å². The minimum absolute atomic E-state index is 0.0437. The van der Waals surface area contributed by atoms with Gasteiger partial charge in [0.05, 0.1) is 17.8 Å². The van der Waals surface area contributed by atoms with Crippen LogP contribution in [0.1, 0.15) is 42.3 Å². The first-order valence-electron chi connectivity index (χ1n) is 7.84. The maximum atomic E-state index is 9.76. The number of nitrogens with zero attached hydrogens (tertiary/aromatic N) is 2. The lowest BCUT2D eigenvalue weighted by atomic mass is 9.94. The summed E-state index contributed by atoms with van der Waals surface area (Å²) in [6.45, 7) is 6.54. The molecular formula is C18H22N2O3. The molecule has 2 heterocycles. The van der Waals surface area contributed by atoms with Crippen molar-refractivity contribution in [2.45, 2.75) is 38.6 Å². The van der Waals surface area contributed by atoms with Crippen LogP contribution >= 0.6 is 0 Å². The van der Waals surface area contributed by atoms with E-state index in [1.807, 2.05) is 51.1 Å². The van der Waals surface area contributed by atoms with Gasteiger partial charge in [-0.05, 0) is 26.3 Å². The topological polar surface area (TPSA) is 67.9 Å². The number of hydrogen-bond acceptors (Lipinski definition) is 5. The molecule has 0 spiro atoms. The Morgan fingerprint density at radius 2 is 2.00 bits per heavy atom. The maximum Gasteiger partial charge on any atom is 0.222 e. The number of aryl methyl sites for hydroxylation is 1. The van der Waals surface area contributed by atoms with E-state index in [-0.39, 0.29) is 18.1 Å². The number of rotatable bonds is 5. The summed E-state index contributed by atoms with van der Waals surface area (Å²) in [6.07, 6.45) is 0.555. The van der Waals surface area contributed by atoms with Gasteiger partial charge in [-0.25, -0.2) is 4.99 Å². The normalized spacial score (nSPS) is 17.7. The summed E-state index contributed by atoms with van der Waals surface area (Å²) in [7, 11) is 0. The molecule has 0 saturated heterocycles. The van der Waals surface area contributed by atoms with Crippen molar-refractivity contribution in [3.8, 4) is 0 Å². The molecule has 1 aliphatic rings. The van der Waals surface area contributed by atoms with Gasteiger partial charge in [0.2, 0.25) is 5.90 Å². The molecule has 0 aliphatic carbocycles. The van der Waals surface area contributed by atoms with Gasteiger partial charge in [0.1, 0.15) is 17.9 Å². The fraction of sp³-hybridized carbons (Fsp3) is 0.444. The van der Waals surface area contributed by atoms with Gasteiger partial charge in [-0.1, -0.05) is 35.5 Å². The highest BCUT2D eigenvalue weighted by atomic mass is 16.5. The Labute approximate surface area is 136 Å². The molecule has 2 aromatic rings. The number of ether oxygens (including phenoxy) is 1. The molecular weight excluding hydrogens is 292 g/mol. The summed E-state index contributed by atoms with van der Waals surface area (Å²) in [4.78, 5) is 4.62. The molecule has 0 fully saturated rings. The fourth-order valence-electron chi connectivity index (χ4n) is 2.78. The van der Waals surface area contributed by atoms with E-state index in [9.17, 15) is 5.11 Å². The third-order valence-corrected chi connectivity index (χ3v) is 4.04. The third kappa shape index (κ3) is 3.29. The summed E-state index contributed by atoms with van der Waals surface area (Å²) in [6, 6.07) is 9.92. The molecule has 1 aliphatic heterocycles. The van der Waals surface area contributed by atoms with Gasteiger partial charge >= 0.3 is 0 Å². The molecule has 23 heavy (non-hydrogen) atoms. The quantitative estimate of drug-likeness (QED) is 0.921. The van der Waals surface area contributed by atoms with Gasteiger partial charge in [-0.3, -0.25) is 0 Å². The second-order valence-electron chi connectivity index (χ2n) is 6.58. The average molecular weight is 314 g/mol. The lowest BCUT2D eigenvalue weighted by molar-refractivity contribution is 0.254. The highest BCUT2D eigenvalue weighted by Crippen LogP contribution is 2.28. The standard InChI is InChI=1S/C18H22N2O3/c1-12-16(17-19-18(2,3)11-22-17)15(23-20-12)9-14(10-21)13-7-5-4-6-8-13/h4-8,14,21H,9-11H2,1-3H3/t14-/m1/s1. The zero-order valence-electron chi connectivity index (χ0n) is 13.7. The highest BCUT2D eigenvalue weighted by Gasteiger charge is 2.31. The van der Waals surface area contributed by atoms with E-state index in [0.717, 1.165) is 16.8 Å². The van der Waals surface area contributed by atoms with Gasteiger partial charge in [0, 0.05) is 12.3 Å². The molecule has 5 nitrogen and oxygen atoms in total. The van der Waals surface area contributed by atoms with Gasteiger partial charge in [0.25, 0.3) is 0 Å². The van der Waals surface area contributed by atoms with E-state index in [0.29, 0.717) is 24.7 Å². The minimum atomic E-state index is -0.230. The fourth-order valence-corrected chi connectivity index (χ4v) is 2.78. The number of benzene rings is 1. The second-order valence-corrected chi connectivity index (χ2v) is 6.58. The Kier molecular flexibility index (Phi) is 4.22. The zero-order valence-corrected chi connectivity index (χ0v) is 13.7. The summed E-state index contributed by atoms with van der Waals surface area (Å²) in [5.74, 6) is 1.26. The monoisotopic (exact) mass is 314 g/mol. The van der Waals surface area contributed by atoms with Gasteiger partial charge in [-0.2, -0.15) is 0 Å². The molecule has 0 saturated carbocycles. The highest BCUT2D eigenvalue weighted by molar-refractivity contribution is 5.97. The molecule has 0 unspecified atom stereocenters. The molecule has 0 radical (unpaired) electrons. The Bertz CT molecular complexity index is 704. The zero-order chi connectivity index (χ0) is 16.4. The van der Waals surface area contributed by atoms with E-state index < -0.39 is 0 Å². The van der Waals surface area contributed by atoms with Crippen LogP contribution in [-0.4, -0.2) is 34.9 Å². The van der Waals surface area contributed by atoms with Crippen molar-refractivity contribution in [3.63, 3.8) is 0 Å². The minimum Gasteiger partial charge on any atom is -0.475 e. The Morgan fingerprint density at radius 3 is 2.61 bits per heavy atom. The number of aliphatic hydroxyl groups excluding tert-OH is 1. The maximum absolute atomic E-state index is 9.76. The van der Waals surface area contributed by atoms with E-state index in [2.05, 4.69) is 10.1 Å². The van der Waals surface area contributed by atoms with Crippen molar-refractivity contribution in [2.75, 3.05) is 13.2 Å².